The van der Waals surface area contributed by atoms with Crippen molar-refractivity contribution in [2.24, 2.45) is 5.73 Å². The smallest absolute Gasteiger partial charge is 0.250 e. The van der Waals surface area contributed by atoms with Crippen LogP contribution in [0, 0.1) is 0 Å². The first-order chi connectivity index (χ1) is 10.1. The molecule has 0 unspecified atom stereocenters. The second kappa shape index (κ2) is 6.71. The van der Waals surface area contributed by atoms with Gasteiger partial charge in [-0.05, 0) is 12.1 Å². The topological polar surface area (TPSA) is 124 Å². The second-order valence-electron chi connectivity index (χ2n) is 3.99. The summed E-state index contributed by atoms with van der Waals surface area (Å²) in [6.45, 7) is 0. The Morgan fingerprint density at radius 2 is 1.90 bits per heavy atom. The second-order valence-corrected chi connectivity index (χ2v) is 4.96. The van der Waals surface area contributed by atoms with Gasteiger partial charge in [0.15, 0.2) is 5.82 Å². The number of carbonyl (C=O) groups is 2. The number of nitrogen functional groups attached to an aromatic ring is 1. The van der Waals surface area contributed by atoms with E-state index in [9.17, 15) is 9.59 Å². The van der Waals surface area contributed by atoms with Gasteiger partial charge in [-0.2, -0.15) is 0 Å². The highest BCUT2D eigenvalue weighted by Gasteiger charge is 2.11. The summed E-state index contributed by atoms with van der Waals surface area (Å²) in [5, 5.41) is 3.11. The highest BCUT2D eigenvalue weighted by atomic mass is 32.2. The van der Waals surface area contributed by atoms with Crippen molar-refractivity contribution < 1.29 is 9.59 Å². The highest BCUT2D eigenvalue weighted by molar-refractivity contribution is 8.00. The fraction of sp³-hybridized carbons (Fsp3) is 0.0769. The lowest BCUT2D eigenvalue weighted by molar-refractivity contribution is -0.113. The van der Waals surface area contributed by atoms with Crippen molar-refractivity contribution in [1.29, 1.82) is 0 Å². The molecule has 5 N–H and O–H groups in total. The van der Waals surface area contributed by atoms with Crippen LogP contribution in [0.3, 0.4) is 0 Å². The molecular weight excluding hydrogens is 290 g/mol. The number of primary amides is 1. The van der Waals surface area contributed by atoms with Gasteiger partial charge in [-0.1, -0.05) is 23.9 Å². The van der Waals surface area contributed by atoms with Gasteiger partial charge in [-0.3, -0.25) is 9.59 Å². The van der Waals surface area contributed by atoms with Gasteiger partial charge in [0.2, 0.25) is 5.91 Å². The first-order valence-corrected chi connectivity index (χ1v) is 6.94. The van der Waals surface area contributed by atoms with Crippen LogP contribution < -0.4 is 16.8 Å². The number of rotatable bonds is 5. The van der Waals surface area contributed by atoms with Crippen LogP contribution in [-0.2, 0) is 4.79 Å². The summed E-state index contributed by atoms with van der Waals surface area (Å²) >= 11 is 1.16. The Morgan fingerprint density at radius 1 is 1.19 bits per heavy atom. The average Bonchev–Trinajstić information content (AvgIpc) is 2.47. The standard InChI is InChI=1S/C13H13N5O2S/c14-11-13(17-6-5-16-11)21-7-10(19)18-9-4-2-1-3-8(9)12(15)20/h1-6H,7H2,(H2,14,16)(H2,15,20)(H,18,19). The molecule has 0 bridgehead atoms. The maximum Gasteiger partial charge on any atom is 0.250 e. The van der Waals surface area contributed by atoms with Crippen LogP contribution in [-0.4, -0.2) is 27.5 Å². The Balaban J connectivity index is 2.00. The van der Waals surface area contributed by atoms with Crippen LogP contribution in [0.2, 0.25) is 0 Å². The van der Waals surface area contributed by atoms with Crippen LogP contribution >= 0.6 is 11.8 Å². The molecule has 2 aromatic rings. The highest BCUT2D eigenvalue weighted by Crippen LogP contribution is 2.20. The van der Waals surface area contributed by atoms with Crippen molar-refractivity contribution >= 4 is 35.1 Å². The molecule has 21 heavy (non-hydrogen) atoms. The van der Waals surface area contributed by atoms with Crippen molar-refractivity contribution in [2.45, 2.75) is 5.03 Å². The maximum absolute atomic E-state index is 11.9. The third kappa shape index (κ3) is 3.93. The van der Waals surface area contributed by atoms with Gasteiger partial charge in [0.1, 0.15) is 5.03 Å². The predicted octanol–water partition coefficient (Wildman–Crippen LogP) is 0.889. The molecule has 7 nitrogen and oxygen atoms in total. The molecule has 0 saturated heterocycles. The van der Waals surface area contributed by atoms with Crippen molar-refractivity contribution in [3.8, 4) is 0 Å². The van der Waals surface area contributed by atoms with E-state index in [0.29, 0.717) is 10.7 Å². The number of para-hydroxylation sites is 1. The van der Waals surface area contributed by atoms with E-state index in [4.69, 9.17) is 11.5 Å². The van der Waals surface area contributed by atoms with E-state index in [2.05, 4.69) is 15.3 Å². The number of hydrogen-bond donors (Lipinski definition) is 3. The number of aromatic nitrogens is 2. The largest absolute Gasteiger partial charge is 0.381 e. The Bertz CT molecular complexity index is 677. The predicted molar refractivity (Wildman–Crippen MR) is 80.8 cm³/mol. The van der Waals surface area contributed by atoms with Crippen molar-refractivity contribution in [3.63, 3.8) is 0 Å². The van der Waals surface area contributed by atoms with Gasteiger partial charge < -0.3 is 16.8 Å². The number of nitrogens with one attached hydrogen (secondary N) is 1. The first kappa shape index (κ1) is 14.8. The minimum atomic E-state index is -0.600. The van der Waals surface area contributed by atoms with E-state index in [-0.39, 0.29) is 23.0 Å². The van der Waals surface area contributed by atoms with Gasteiger partial charge in [0, 0.05) is 12.4 Å². The molecule has 8 heteroatoms. The Kier molecular flexibility index (Phi) is 4.72. The molecule has 0 spiro atoms. The zero-order chi connectivity index (χ0) is 15.2. The first-order valence-electron chi connectivity index (χ1n) is 5.96. The average molecular weight is 303 g/mol. The summed E-state index contributed by atoms with van der Waals surface area (Å²) < 4.78 is 0. The van der Waals surface area contributed by atoms with E-state index in [1.165, 1.54) is 12.4 Å². The van der Waals surface area contributed by atoms with Crippen molar-refractivity contribution in [1.82, 2.24) is 9.97 Å². The minimum Gasteiger partial charge on any atom is -0.381 e. The van der Waals surface area contributed by atoms with Gasteiger partial charge in [-0.25, -0.2) is 9.97 Å². The molecule has 2 rings (SSSR count). The quantitative estimate of drug-likeness (QED) is 0.705. The molecular formula is C13H13N5O2S. The summed E-state index contributed by atoms with van der Waals surface area (Å²) in [6.07, 6.45) is 2.97. The van der Waals surface area contributed by atoms with E-state index in [0.717, 1.165) is 11.8 Å². The molecule has 0 saturated carbocycles. The van der Waals surface area contributed by atoms with Crippen molar-refractivity contribution in [2.75, 3.05) is 16.8 Å². The molecule has 0 aliphatic heterocycles. The van der Waals surface area contributed by atoms with Crippen LogP contribution in [0.15, 0.2) is 41.7 Å². The van der Waals surface area contributed by atoms with E-state index >= 15 is 0 Å². The van der Waals surface area contributed by atoms with Crippen LogP contribution in [0.1, 0.15) is 10.4 Å². The fourth-order valence-electron chi connectivity index (χ4n) is 1.57. The minimum absolute atomic E-state index is 0.0932. The summed E-state index contributed by atoms with van der Waals surface area (Å²) in [6, 6.07) is 6.53. The van der Waals surface area contributed by atoms with Crippen LogP contribution in [0.5, 0.6) is 0 Å². The molecule has 1 aromatic heterocycles. The number of thioether (sulfide) groups is 1. The lowest BCUT2D eigenvalue weighted by atomic mass is 10.1. The molecule has 0 atom stereocenters. The summed E-state index contributed by atoms with van der Waals surface area (Å²) in [7, 11) is 0. The Hall–Kier alpha value is -2.61. The van der Waals surface area contributed by atoms with Gasteiger partial charge in [0.25, 0.3) is 5.91 Å². The van der Waals surface area contributed by atoms with Crippen LogP contribution in [0.4, 0.5) is 11.5 Å². The molecule has 1 aromatic carbocycles. The number of carbonyl (C=O) groups excluding carboxylic acids is 2. The summed E-state index contributed by atoms with van der Waals surface area (Å²) in [5.41, 5.74) is 11.5. The fourth-order valence-corrected chi connectivity index (χ4v) is 2.25. The number of nitrogens with two attached hydrogens (primary N) is 2. The Morgan fingerprint density at radius 3 is 2.62 bits per heavy atom. The maximum atomic E-state index is 11.9. The summed E-state index contributed by atoms with van der Waals surface area (Å²) in [5.74, 6) is -0.529. The van der Waals surface area contributed by atoms with E-state index in [1.54, 1.807) is 24.3 Å². The van der Waals surface area contributed by atoms with Gasteiger partial charge in [0.05, 0.1) is 17.0 Å². The van der Waals surface area contributed by atoms with Crippen molar-refractivity contribution in [3.05, 3.63) is 42.2 Å². The third-order valence-corrected chi connectivity index (χ3v) is 3.49. The van der Waals surface area contributed by atoms with E-state index in [1.807, 2.05) is 0 Å². The molecule has 0 radical (unpaired) electrons. The van der Waals surface area contributed by atoms with Gasteiger partial charge >= 0.3 is 0 Å². The molecule has 0 aliphatic carbocycles. The van der Waals surface area contributed by atoms with Gasteiger partial charge in [-0.15, -0.1) is 0 Å². The number of amides is 2. The third-order valence-electron chi connectivity index (χ3n) is 2.50. The SMILES string of the molecule is NC(=O)c1ccccc1NC(=O)CSc1nccnc1N. The van der Waals surface area contributed by atoms with E-state index < -0.39 is 5.91 Å². The number of nitrogens with zero attached hydrogens (tertiary/aromatic N) is 2. The molecule has 1 heterocycles. The zero-order valence-electron chi connectivity index (χ0n) is 10.9. The molecule has 2 amide bonds. The van der Waals surface area contributed by atoms with Crippen LogP contribution in [0.25, 0.3) is 0 Å². The molecule has 0 fully saturated rings. The Labute approximate surface area is 125 Å². The lowest BCUT2D eigenvalue weighted by Gasteiger charge is -2.08. The number of hydrogen-bond acceptors (Lipinski definition) is 6. The lowest BCUT2D eigenvalue weighted by Crippen LogP contribution is -2.19. The normalized spacial score (nSPS) is 10.1. The number of anilines is 2. The molecule has 108 valence electrons. The monoisotopic (exact) mass is 303 g/mol. The summed E-state index contributed by atoms with van der Waals surface area (Å²) in [4.78, 5) is 31.1. The number of benzene rings is 1. The molecule has 0 aliphatic rings. The zero-order valence-corrected chi connectivity index (χ0v) is 11.8.